The van der Waals surface area contributed by atoms with Crippen LogP contribution in [0.2, 0.25) is 0 Å². The SMILES string of the molecule is CCCCCCCCCCCCCCCC/C=C/C(O)C(COC1OC(CO)C(O)C(O)C1O)NC(=O)C(O)CCCCCCCCCC. The predicted molar refractivity (Wildman–Crippen MR) is 195 cm³/mol. The largest absolute Gasteiger partial charge is 0.394 e. The molecule has 1 amide bonds. The molecule has 0 aliphatic carbocycles. The normalized spacial score (nSPS) is 23.1. The van der Waals surface area contributed by atoms with E-state index >= 15 is 0 Å². The van der Waals surface area contributed by atoms with Crippen molar-refractivity contribution in [3.05, 3.63) is 12.2 Å². The molecule has 0 aromatic heterocycles. The summed E-state index contributed by atoms with van der Waals surface area (Å²) >= 11 is 0. The highest BCUT2D eigenvalue weighted by Crippen LogP contribution is 2.22. The average molecular weight is 702 g/mol. The molecule has 1 aliphatic rings. The van der Waals surface area contributed by atoms with Crippen molar-refractivity contribution >= 4 is 5.91 Å². The van der Waals surface area contributed by atoms with Crippen molar-refractivity contribution in [2.75, 3.05) is 13.2 Å². The standard InChI is InChI=1S/C39H75NO9/c1-3-5-7-9-11-13-14-15-16-17-18-19-20-22-23-25-27-32(42)31(30-48-39-37(46)36(45)35(44)34(29-41)49-39)40-38(47)33(43)28-26-24-21-12-10-8-6-4-2/h25,27,31-37,39,41-46H,3-24,26,28-30H2,1-2H3,(H,40,47)/b27-25+. The van der Waals surface area contributed by atoms with Gasteiger partial charge in [-0.1, -0.05) is 161 Å². The first-order valence-electron chi connectivity index (χ1n) is 20.0. The summed E-state index contributed by atoms with van der Waals surface area (Å²) < 4.78 is 11.1. The number of carbonyl (C=O) groups excluding carboxylic acids is 1. The summed E-state index contributed by atoms with van der Waals surface area (Å²) in [6, 6.07) is -0.972. The van der Waals surface area contributed by atoms with Crippen LogP contribution in [-0.2, 0) is 14.3 Å². The highest BCUT2D eigenvalue weighted by atomic mass is 16.7. The van der Waals surface area contributed by atoms with E-state index in [2.05, 4.69) is 19.2 Å². The lowest BCUT2D eigenvalue weighted by molar-refractivity contribution is -0.302. The van der Waals surface area contributed by atoms with Gasteiger partial charge in [0, 0.05) is 0 Å². The molecule has 0 bridgehead atoms. The number of amides is 1. The number of aliphatic hydroxyl groups is 6. The number of nitrogens with one attached hydrogen (secondary N) is 1. The molecule has 8 unspecified atom stereocenters. The van der Waals surface area contributed by atoms with Gasteiger partial charge in [0.15, 0.2) is 6.29 Å². The van der Waals surface area contributed by atoms with E-state index in [1.165, 1.54) is 103 Å². The minimum absolute atomic E-state index is 0.302. The Bertz CT molecular complexity index is 798. The minimum Gasteiger partial charge on any atom is -0.394 e. The highest BCUT2D eigenvalue weighted by molar-refractivity contribution is 5.80. The van der Waals surface area contributed by atoms with E-state index in [-0.39, 0.29) is 6.61 Å². The maximum Gasteiger partial charge on any atom is 0.249 e. The first kappa shape index (κ1) is 45.9. The monoisotopic (exact) mass is 702 g/mol. The van der Waals surface area contributed by atoms with E-state index in [1.807, 2.05) is 6.08 Å². The number of aliphatic hydroxyl groups excluding tert-OH is 6. The van der Waals surface area contributed by atoms with Crippen molar-refractivity contribution in [2.24, 2.45) is 0 Å². The molecule has 1 saturated heterocycles. The number of rotatable bonds is 32. The van der Waals surface area contributed by atoms with Crippen LogP contribution in [0.15, 0.2) is 12.2 Å². The van der Waals surface area contributed by atoms with Crippen molar-refractivity contribution in [1.82, 2.24) is 5.32 Å². The molecule has 8 atom stereocenters. The number of carbonyl (C=O) groups is 1. The zero-order valence-electron chi connectivity index (χ0n) is 31.1. The molecule has 290 valence electrons. The van der Waals surface area contributed by atoms with Crippen LogP contribution < -0.4 is 5.32 Å². The Labute approximate surface area is 298 Å². The second kappa shape index (κ2) is 30.5. The molecule has 1 heterocycles. The van der Waals surface area contributed by atoms with Crippen LogP contribution in [0.3, 0.4) is 0 Å². The van der Waals surface area contributed by atoms with Gasteiger partial charge in [-0.3, -0.25) is 4.79 Å². The molecule has 1 aliphatic heterocycles. The number of hydrogen-bond acceptors (Lipinski definition) is 9. The molecule has 1 rings (SSSR count). The molecule has 49 heavy (non-hydrogen) atoms. The number of unbranched alkanes of at least 4 members (excludes halogenated alkanes) is 21. The van der Waals surface area contributed by atoms with Gasteiger partial charge < -0.3 is 45.4 Å². The van der Waals surface area contributed by atoms with Gasteiger partial charge in [-0.2, -0.15) is 0 Å². The Balaban J connectivity index is 2.49. The molecule has 0 aromatic rings. The van der Waals surface area contributed by atoms with Crippen LogP contribution in [0.1, 0.15) is 168 Å². The quantitative estimate of drug-likeness (QED) is 0.0330. The Morgan fingerprint density at radius 3 is 1.65 bits per heavy atom. The number of ether oxygens (including phenoxy) is 2. The van der Waals surface area contributed by atoms with E-state index in [1.54, 1.807) is 6.08 Å². The fourth-order valence-corrected chi connectivity index (χ4v) is 6.34. The minimum atomic E-state index is -1.60. The summed E-state index contributed by atoms with van der Waals surface area (Å²) in [6.45, 7) is 3.55. The molecule has 10 nitrogen and oxygen atoms in total. The van der Waals surface area contributed by atoms with Gasteiger partial charge in [0.25, 0.3) is 0 Å². The molecule has 0 spiro atoms. The fraction of sp³-hybridized carbons (Fsp3) is 0.923. The van der Waals surface area contributed by atoms with Crippen molar-refractivity contribution in [3.63, 3.8) is 0 Å². The summed E-state index contributed by atoms with van der Waals surface area (Å²) in [7, 11) is 0. The summed E-state index contributed by atoms with van der Waals surface area (Å²) in [5.41, 5.74) is 0. The first-order chi connectivity index (χ1) is 23.8. The van der Waals surface area contributed by atoms with E-state index < -0.39 is 61.5 Å². The Morgan fingerprint density at radius 2 is 1.16 bits per heavy atom. The summed E-state index contributed by atoms with van der Waals surface area (Å²) in [6.07, 6.45) is 21.7. The third kappa shape index (κ3) is 21.8. The lowest BCUT2D eigenvalue weighted by atomic mass is 9.99. The lowest BCUT2D eigenvalue weighted by Crippen LogP contribution is -2.60. The van der Waals surface area contributed by atoms with Crippen molar-refractivity contribution in [3.8, 4) is 0 Å². The van der Waals surface area contributed by atoms with Gasteiger partial charge in [0.1, 0.15) is 30.5 Å². The molecule has 10 heteroatoms. The number of allylic oxidation sites excluding steroid dienone is 1. The summed E-state index contributed by atoms with van der Waals surface area (Å²) in [5.74, 6) is -0.621. The Hall–Kier alpha value is -1.11. The molecule has 1 fully saturated rings. The van der Waals surface area contributed by atoms with E-state index in [9.17, 15) is 35.4 Å². The lowest BCUT2D eigenvalue weighted by Gasteiger charge is -2.40. The second-order valence-corrected chi connectivity index (χ2v) is 14.2. The third-order valence-electron chi connectivity index (χ3n) is 9.72. The van der Waals surface area contributed by atoms with Crippen LogP contribution >= 0.6 is 0 Å². The second-order valence-electron chi connectivity index (χ2n) is 14.2. The smallest absolute Gasteiger partial charge is 0.249 e. The predicted octanol–water partition coefficient (Wildman–Crippen LogP) is 5.97. The Morgan fingerprint density at radius 1 is 0.694 bits per heavy atom. The van der Waals surface area contributed by atoms with Crippen LogP contribution in [0.5, 0.6) is 0 Å². The number of hydrogen-bond donors (Lipinski definition) is 7. The van der Waals surface area contributed by atoms with Crippen LogP contribution in [0.4, 0.5) is 0 Å². The van der Waals surface area contributed by atoms with E-state index in [0.29, 0.717) is 6.42 Å². The van der Waals surface area contributed by atoms with Crippen molar-refractivity contribution in [2.45, 2.75) is 217 Å². The first-order valence-corrected chi connectivity index (χ1v) is 20.0. The molecule has 0 saturated carbocycles. The average Bonchev–Trinajstić information content (AvgIpc) is 3.10. The van der Waals surface area contributed by atoms with Gasteiger partial charge in [-0.25, -0.2) is 0 Å². The Kier molecular flexibility index (Phi) is 28.6. The van der Waals surface area contributed by atoms with Crippen molar-refractivity contribution < 1.29 is 44.9 Å². The molecule has 0 radical (unpaired) electrons. The van der Waals surface area contributed by atoms with Gasteiger partial charge >= 0.3 is 0 Å². The molecular weight excluding hydrogens is 626 g/mol. The molecule has 0 aromatic carbocycles. The van der Waals surface area contributed by atoms with Gasteiger partial charge in [0.2, 0.25) is 5.91 Å². The summed E-state index contributed by atoms with van der Waals surface area (Å²) in [5, 5.41) is 64.2. The van der Waals surface area contributed by atoms with Crippen LogP contribution in [0, 0.1) is 0 Å². The molecular formula is C39H75NO9. The van der Waals surface area contributed by atoms with Crippen LogP contribution in [0.25, 0.3) is 0 Å². The highest BCUT2D eigenvalue weighted by Gasteiger charge is 2.44. The fourth-order valence-electron chi connectivity index (χ4n) is 6.34. The van der Waals surface area contributed by atoms with E-state index in [4.69, 9.17) is 9.47 Å². The van der Waals surface area contributed by atoms with Gasteiger partial charge in [-0.05, 0) is 19.3 Å². The van der Waals surface area contributed by atoms with Crippen molar-refractivity contribution in [1.29, 1.82) is 0 Å². The van der Waals surface area contributed by atoms with E-state index in [0.717, 1.165) is 44.9 Å². The van der Waals surface area contributed by atoms with Gasteiger partial charge in [-0.15, -0.1) is 0 Å². The topological polar surface area (TPSA) is 169 Å². The molecule has 7 N–H and O–H groups in total. The zero-order valence-corrected chi connectivity index (χ0v) is 31.1. The maximum absolute atomic E-state index is 12.9. The maximum atomic E-state index is 12.9. The third-order valence-corrected chi connectivity index (χ3v) is 9.72. The zero-order chi connectivity index (χ0) is 36.1. The van der Waals surface area contributed by atoms with Crippen LogP contribution in [-0.4, -0.2) is 98.7 Å². The summed E-state index contributed by atoms with van der Waals surface area (Å²) in [4.78, 5) is 12.9. The van der Waals surface area contributed by atoms with Gasteiger partial charge in [0.05, 0.1) is 25.4 Å².